The van der Waals surface area contributed by atoms with Gasteiger partial charge in [-0.05, 0) is 6.92 Å². The molecule has 1 fully saturated rings. The number of likely N-dealkylation sites (tertiary alicyclic amines) is 1. The lowest BCUT2D eigenvalue weighted by Crippen LogP contribution is -2.39. The summed E-state index contributed by atoms with van der Waals surface area (Å²) in [4.78, 5) is 35.1. The quantitative estimate of drug-likeness (QED) is 0.452. The lowest BCUT2D eigenvalue weighted by Gasteiger charge is -2.23. The molecule has 1 aliphatic rings. The molecule has 2 N–H and O–H groups in total. The first-order chi connectivity index (χ1) is 8.44. The molecule has 0 atom stereocenters. The van der Waals surface area contributed by atoms with E-state index >= 15 is 0 Å². The van der Waals surface area contributed by atoms with Crippen LogP contribution >= 0.6 is 0 Å². The van der Waals surface area contributed by atoms with Crippen LogP contribution in [0.2, 0.25) is 0 Å². The zero-order chi connectivity index (χ0) is 13.8. The summed E-state index contributed by atoms with van der Waals surface area (Å²) in [6.45, 7) is 0.164. The first-order valence-electron chi connectivity index (χ1n) is 5.67. The molecule has 2 amide bonds. The number of hydrogen-bond acceptors (Lipinski definition) is 6. The molecule has 1 aliphatic heterocycles. The zero-order valence-corrected chi connectivity index (χ0v) is 10.2. The van der Waals surface area contributed by atoms with Crippen molar-refractivity contribution in [2.24, 2.45) is 5.41 Å². The van der Waals surface area contributed by atoms with Gasteiger partial charge in [0.1, 0.15) is 12.0 Å². The van der Waals surface area contributed by atoms with Gasteiger partial charge in [0.2, 0.25) is 11.8 Å². The van der Waals surface area contributed by atoms with Crippen LogP contribution in [0.25, 0.3) is 0 Å². The van der Waals surface area contributed by atoms with Gasteiger partial charge in [-0.2, -0.15) is 0 Å². The lowest BCUT2D eigenvalue weighted by molar-refractivity contribution is -0.161. The molecule has 0 aromatic rings. The number of aliphatic hydroxyl groups is 2. The molecule has 1 heterocycles. The molecule has 0 unspecified atom stereocenters. The number of imide groups is 1. The molecule has 18 heavy (non-hydrogen) atoms. The molecule has 0 bridgehead atoms. The van der Waals surface area contributed by atoms with E-state index in [0.717, 1.165) is 4.90 Å². The minimum atomic E-state index is -1.36. The molecular weight excluding hydrogens is 242 g/mol. The van der Waals surface area contributed by atoms with Crippen molar-refractivity contribution in [3.63, 3.8) is 0 Å². The Balaban J connectivity index is 2.40. The molecule has 0 spiro atoms. The first kappa shape index (κ1) is 14.6. The molecule has 0 saturated carbocycles. The Morgan fingerprint density at radius 1 is 1.28 bits per heavy atom. The average Bonchev–Trinajstić information content (AvgIpc) is 2.69. The number of esters is 1. The fourth-order valence-electron chi connectivity index (χ4n) is 1.46. The second-order valence-corrected chi connectivity index (χ2v) is 4.45. The summed E-state index contributed by atoms with van der Waals surface area (Å²) < 4.78 is 4.84. The van der Waals surface area contributed by atoms with Crippen LogP contribution in [0, 0.1) is 5.41 Å². The second kappa shape index (κ2) is 5.92. The molecule has 7 heteroatoms. The Kier molecular flexibility index (Phi) is 4.80. The lowest BCUT2D eigenvalue weighted by atomic mass is 9.93. The summed E-state index contributed by atoms with van der Waals surface area (Å²) >= 11 is 0. The van der Waals surface area contributed by atoms with E-state index in [0.29, 0.717) is 0 Å². The Morgan fingerprint density at radius 2 is 1.78 bits per heavy atom. The highest BCUT2D eigenvalue weighted by molar-refractivity contribution is 6.01. The fraction of sp³-hybridized carbons (Fsp3) is 0.727. The predicted octanol–water partition coefficient (Wildman–Crippen LogP) is -1.33. The molecule has 0 aromatic heterocycles. The van der Waals surface area contributed by atoms with Gasteiger partial charge in [-0.3, -0.25) is 19.3 Å². The van der Waals surface area contributed by atoms with Crippen LogP contribution in [0.1, 0.15) is 19.8 Å². The van der Waals surface area contributed by atoms with Crippen LogP contribution in [-0.4, -0.2) is 59.3 Å². The van der Waals surface area contributed by atoms with Gasteiger partial charge >= 0.3 is 5.97 Å². The number of hydrogen-bond donors (Lipinski definition) is 2. The van der Waals surface area contributed by atoms with E-state index in [1.165, 1.54) is 6.92 Å². The topological polar surface area (TPSA) is 104 Å². The number of carbonyl (C=O) groups excluding carboxylic acids is 3. The standard InChI is InChI=1S/C11H17NO6/c1-11(6-13,7-14)10(17)18-5-4-12-8(15)2-3-9(12)16/h13-14H,2-7H2,1H3. The third-order valence-electron chi connectivity index (χ3n) is 2.89. The van der Waals surface area contributed by atoms with Gasteiger partial charge < -0.3 is 14.9 Å². The molecule has 0 radical (unpaired) electrons. The normalized spacial score (nSPS) is 16.3. The second-order valence-electron chi connectivity index (χ2n) is 4.45. The van der Waals surface area contributed by atoms with Gasteiger partial charge in [0.25, 0.3) is 0 Å². The van der Waals surface area contributed by atoms with E-state index in [1.807, 2.05) is 0 Å². The van der Waals surface area contributed by atoms with Gasteiger partial charge in [0.15, 0.2) is 0 Å². The maximum absolute atomic E-state index is 11.5. The van der Waals surface area contributed by atoms with Crippen molar-refractivity contribution in [1.29, 1.82) is 0 Å². The van der Waals surface area contributed by atoms with Gasteiger partial charge in [0.05, 0.1) is 19.8 Å². The molecular formula is C11H17NO6. The summed E-state index contributed by atoms with van der Waals surface area (Å²) in [5, 5.41) is 17.9. The van der Waals surface area contributed by atoms with Crippen molar-refractivity contribution in [3.8, 4) is 0 Å². The van der Waals surface area contributed by atoms with Crippen LogP contribution in [0.3, 0.4) is 0 Å². The average molecular weight is 259 g/mol. The Bertz CT molecular complexity index is 333. The minimum Gasteiger partial charge on any atom is -0.463 e. The smallest absolute Gasteiger partial charge is 0.316 e. The van der Waals surface area contributed by atoms with Gasteiger partial charge in [-0.25, -0.2) is 0 Å². The molecule has 0 aliphatic carbocycles. The Labute approximate surface area is 104 Å². The van der Waals surface area contributed by atoms with Crippen molar-refractivity contribution < 1.29 is 29.3 Å². The van der Waals surface area contributed by atoms with Crippen LogP contribution in [-0.2, 0) is 19.1 Å². The highest BCUT2D eigenvalue weighted by atomic mass is 16.5. The van der Waals surface area contributed by atoms with Crippen molar-refractivity contribution in [1.82, 2.24) is 4.90 Å². The maximum atomic E-state index is 11.5. The maximum Gasteiger partial charge on any atom is 0.316 e. The van der Waals surface area contributed by atoms with E-state index < -0.39 is 24.6 Å². The number of ether oxygens (including phenoxy) is 1. The van der Waals surface area contributed by atoms with Crippen LogP contribution in [0.15, 0.2) is 0 Å². The summed E-state index contributed by atoms with van der Waals surface area (Å²) in [7, 11) is 0. The number of amides is 2. The van der Waals surface area contributed by atoms with E-state index in [-0.39, 0.29) is 37.8 Å². The summed E-state index contributed by atoms with van der Waals surface area (Å²) in [6.07, 6.45) is 0.384. The number of nitrogens with zero attached hydrogens (tertiary/aromatic N) is 1. The van der Waals surface area contributed by atoms with Crippen LogP contribution < -0.4 is 0 Å². The van der Waals surface area contributed by atoms with E-state index in [2.05, 4.69) is 0 Å². The summed E-state index contributed by atoms with van der Waals surface area (Å²) in [6, 6.07) is 0. The number of rotatable bonds is 6. The molecule has 1 rings (SSSR count). The SMILES string of the molecule is CC(CO)(CO)C(=O)OCCN1C(=O)CCC1=O. The van der Waals surface area contributed by atoms with Crippen LogP contribution in [0.5, 0.6) is 0 Å². The van der Waals surface area contributed by atoms with Crippen molar-refractivity contribution in [2.75, 3.05) is 26.4 Å². The number of aliphatic hydroxyl groups excluding tert-OH is 2. The highest BCUT2D eigenvalue weighted by Crippen LogP contribution is 2.17. The van der Waals surface area contributed by atoms with Gasteiger partial charge in [0, 0.05) is 12.8 Å². The van der Waals surface area contributed by atoms with Crippen molar-refractivity contribution >= 4 is 17.8 Å². The minimum absolute atomic E-state index is 0.0103. The monoisotopic (exact) mass is 259 g/mol. The van der Waals surface area contributed by atoms with Crippen LogP contribution in [0.4, 0.5) is 0 Å². The summed E-state index contributed by atoms with van der Waals surface area (Å²) in [5.41, 5.74) is -1.36. The van der Waals surface area contributed by atoms with Crippen molar-refractivity contribution in [3.05, 3.63) is 0 Å². The molecule has 102 valence electrons. The van der Waals surface area contributed by atoms with Gasteiger partial charge in [-0.1, -0.05) is 0 Å². The third kappa shape index (κ3) is 3.05. The highest BCUT2D eigenvalue weighted by Gasteiger charge is 2.34. The number of carbonyl (C=O) groups is 3. The molecule has 1 saturated heterocycles. The molecule has 0 aromatic carbocycles. The molecule has 7 nitrogen and oxygen atoms in total. The van der Waals surface area contributed by atoms with Gasteiger partial charge in [-0.15, -0.1) is 0 Å². The Morgan fingerprint density at radius 3 is 2.22 bits per heavy atom. The largest absolute Gasteiger partial charge is 0.463 e. The van der Waals surface area contributed by atoms with Crippen molar-refractivity contribution in [2.45, 2.75) is 19.8 Å². The first-order valence-corrected chi connectivity index (χ1v) is 5.67. The predicted molar refractivity (Wildman–Crippen MR) is 59.2 cm³/mol. The van der Waals surface area contributed by atoms with E-state index in [9.17, 15) is 14.4 Å². The summed E-state index contributed by atoms with van der Waals surface area (Å²) in [5.74, 6) is -1.31. The fourth-order valence-corrected chi connectivity index (χ4v) is 1.46. The van der Waals surface area contributed by atoms with E-state index in [1.54, 1.807) is 0 Å². The third-order valence-corrected chi connectivity index (χ3v) is 2.89. The zero-order valence-electron chi connectivity index (χ0n) is 10.2. The Hall–Kier alpha value is -1.47. The van der Waals surface area contributed by atoms with E-state index in [4.69, 9.17) is 14.9 Å².